The van der Waals surface area contributed by atoms with Gasteiger partial charge in [-0.15, -0.1) is 11.3 Å². The highest BCUT2D eigenvalue weighted by molar-refractivity contribution is 7.16. The summed E-state index contributed by atoms with van der Waals surface area (Å²) in [6.07, 6.45) is 0. The summed E-state index contributed by atoms with van der Waals surface area (Å²) >= 11 is 1.45. The van der Waals surface area contributed by atoms with Gasteiger partial charge < -0.3 is 25.8 Å². The van der Waals surface area contributed by atoms with Crippen molar-refractivity contribution in [3.63, 3.8) is 0 Å². The number of hydrogen-bond donors (Lipinski definition) is 2. The quantitative estimate of drug-likeness (QED) is 0.643. The molecule has 1 atom stereocenters. The molecule has 9 nitrogen and oxygen atoms in total. The van der Waals surface area contributed by atoms with Crippen molar-refractivity contribution in [3.8, 4) is 0 Å². The van der Waals surface area contributed by atoms with Gasteiger partial charge in [0.2, 0.25) is 5.95 Å². The van der Waals surface area contributed by atoms with Gasteiger partial charge in [0.1, 0.15) is 5.52 Å². The smallest absolute Gasteiger partial charge is 0.321 e. The van der Waals surface area contributed by atoms with Gasteiger partial charge in [0.05, 0.1) is 5.51 Å². The van der Waals surface area contributed by atoms with Gasteiger partial charge >= 0.3 is 6.03 Å². The molecular weight excluding hydrogens is 412 g/mol. The second kappa shape index (κ2) is 8.64. The van der Waals surface area contributed by atoms with E-state index in [-0.39, 0.29) is 18.0 Å². The van der Waals surface area contributed by atoms with Gasteiger partial charge in [-0.3, -0.25) is 0 Å². The van der Waals surface area contributed by atoms with Crippen LogP contribution in [0.5, 0.6) is 0 Å². The Balaban J connectivity index is 1.44. The van der Waals surface area contributed by atoms with Gasteiger partial charge in [0, 0.05) is 37.9 Å². The summed E-state index contributed by atoms with van der Waals surface area (Å²) in [6, 6.07) is 6.14. The number of carbonyl (C=O) groups excluding carboxylic acids is 1. The number of amides is 2. The first-order valence-electron chi connectivity index (χ1n) is 10.3. The number of fused-ring (bicyclic) bond motifs is 1. The van der Waals surface area contributed by atoms with Gasteiger partial charge in [-0.1, -0.05) is 12.1 Å². The molecule has 0 bridgehead atoms. The van der Waals surface area contributed by atoms with Gasteiger partial charge in [0.15, 0.2) is 10.6 Å². The monoisotopic (exact) mass is 440 g/mol. The van der Waals surface area contributed by atoms with Crippen LogP contribution in [0.1, 0.15) is 18.1 Å². The van der Waals surface area contributed by atoms with Crippen LogP contribution < -0.4 is 16.0 Å². The molecule has 1 fully saturated rings. The van der Waals surface area contributed by atoms with E-state index in [1.807, 2.05) is 32.0 Å². The van der Waals surface area contributed by atoms with E-state index in [4.69, 9.17) is 5.73 Å². The lowest BCUT2D eigenvalue weighted by molar-refractivity contribution is 0.200. The number of thiazole rings is 1. The van der Waals surface area contributed by atoms with Crippen LogP contribution in [0, 0.1) is 6.92 Å². The molecule has 0 radical (unpaired) electrons. The third-order valence-electron chi connectivity index (χ3n) is 5.42. The van der Waals surface area contributed by atoms with Crippen molar-refractivity contribution in [1.82, 2.24) is 24.8 Å². The molecule has 164 valence electrons. The third kappa shape index (κ3) is 4.54. The Morgan fingerprint density at radius 2 is 2.13 bits per heavy atom. The number of nitrogens with two attached hydrogens (primary N) is 1. The fourth-order valence-corrected chi connectivity index (χ4v) is 4.60. The average molecular weight is 441 g/mol. The van der Waals surface area contributed by atoms with Gasteiger partial charge in [0.25, 0.3) is 0 Å². The van der Waals surface area contributed by atoms with E-state index in [9.17, 15) is 4.79 Å². The topological polar surface area (TPSA) is 104 Å². The summed E-state index contributed by atoms with van der Waals surface area (Å²) in [5, 5.41) is 3.07. The first kappa shape index (κ1) is 21.3. The lowest BCUT2D eigenvalue weighted by Gasteiger charge is -2.40. The summed E-state index contributed by atoms with van der Waals surface area (Å²) in [7, 11) is 4.09. The molecule has 1 saturated heterocycles. The zero-order valence-electron chi connectivity index (χ0n) is 18.3. The fraction of sp³-hybridized carbons (Fsp3) is 0.429. The molecule has 10 heteroatoms. The van der Waals surface area contributed by atoms with E-state index >= 15 is 0 Å². The number of hydrogen-bond acceptors (Lipinski definition) is 8. The Kier molecular flexibility index (Phi) is 5.92. The number of benzene rings is 1. The average Bonchev–Trinajstić information content (AvgIpc) is 3.17. The number of aryl methyl sites for hydroxylation is 1. The van der Waals surface area contributed by atoms with Crippen LogP contribution >= 0.6 is 11.3 Å². The first-order valence-corrected chi connectivity index (χ1v) is 11.1. The second-order valence-electron chi connectivity index (χ2n) is 8.22. The fourth-order valence-electron chi connectivity index (χ4n) is 3.94. The summed E-state index contributed by atoms with van der Waals surface area (Å²) < 4.78 is 0. The zero-order chi connectivity index (χ0) is 22.1. The molecule has 1 aromatic carbocycles. The molecule has 0 aliphatic carbocycles. The third-order valence-corrected chi connectivity index (χ3v) is 6.13. The highest BCUT2D eigenvalue weighted by Gasteiger charge is 2.29. The van der Waals surface area contributed by atoms with E-state index in [2.05, 4.69) is 49.1 Å². The molecule has 1 aliphatic rings. The van der Waals surface area contributed by atoms with Crippen molar-refractivity contribution in [3.05, 3.63) is 34.8 Å². The number of nitrogen functional groups attached to an aromatic ring is 1. The highest BCUT2D eigenvalue weighted by atomic mass is 32.1. The lowest BCUT2D eigenvalue weighted by Crippen LogP contribution is -2.55. The number of aromatic nitrogens is 3. The second-order valence-corrected chi connectivity index (χ2v) is 9.05. The predicted molar refractivity (Wildman–Crippen MR) is 126 cm³/mol. The van der Waals surface area contributed by atoms with E-state index < -0.39 is 0 Å². The number of anilines is 3. The van der Waals surface area contributed by atoms with Crippen molar-refractivity contribution in [2.45, 2.75) is 26.4 Å². The van der Waals surface area contributed by atoms with Crippen LogP contribution in [0.25, 0.3) is 10.3 Å². The molecular formula is C21H28N8OS. The largest absolute Gasteiger partial charge is 0.368 e. The minimum atomic E-state index is -0.0871. The molecule has 0 unspecified atom stereocenters. The zero-order valence-corrected chi connectivity index (χ0v) is 19.1. The summed E-state index contributed by atoms with van der Waals surface area (Å²) in [6.45, 7) is 6.79. The number of nitrogens with zero attached hydrogens (tertiary/aromatic N) is 6. The molecule has 31 heavy (non-hydrogen) atoms. The van der Waals surface area contributed by atoms with Crippen molar-refractivity contribution in [2.24, 2.45) is 0 Å². The van der Waals surface area contributed by atoms with Crippen molar-refractivity contribution in [2.75, 3.05) is 49.7 Å². The van der Waals surface area contributed by atoms with Crippen LogP contribution in [0.2, 0.25) is 0 Å². The summed E-state index contributed by atoms with van der Waals surface area (Å²) in [5.74, 6) is 0.982. The molecule has 0 spiro atoms. The summed E-state index contributed by atoms with van der Waals surface area (Å²) in [4.78, 5) is 32.9. The number of piperazine rings is 1. The molecule has 0 saturated carbocycles. The molecule has 3 heterocycles. The minimum absolute atomic E-state index is 0.0715. The van der Waals surface area contributed by atoms with Crippen LogP contribution in [-0.4, -0.2) is 70.6 Å². The van der Waals surface area contributed by atoms with E-state index in [0.717, 1.165) is 34.0 Å². The molecule has 3 N–H and O–H groups in total. The number of nitrogens with one attached hydrogen (secondary N) is 1. The summed E-state index contributed by atoms with van der Waals surface area (Å²) in [5.41, 5.74) is 11.5. The Morgan fingerprint density at radius 3 is 2.84 bits per heavy atom. The van der Waals surface area contributed by atoms with Crippen LogP contribution in [-0.2, 0) is 6.54 Å². The number of rotatable bonds is 4. The van der Waals surface area contributed by atoms with Crippen LogP contribution in [0.3, 0.4) is 0 Å². The number of urea groups is 1. The maximum absolute atomic E-state index is 12.9. The Morgan fingerprint density at radius 1 is 1.32 bits per heavy atom. The Labute approximate surface area is 185 Å². The van der Waals surface area contributed by atoms with E-state index in [1.165, 1.54) is 16.9 Å². The lowest BCUT2D eigenvalue weighted by atomic mass is 10.1. The number of carbonyl (C=O) groups is 1. The van der Waals surface area contributed by atoms with Crippen LogP contribution in [0.4, 0.5) is 22.2 Å². The highest BCUT2D eigenvalue weighted by Crippen LogP contribution is 2.29. The SMILES string of the molecule is Cc1cc(CN(C)C)ccc1NC(=O)N1CCN(c2nc(N)nc3scnc23)[C@@H](C)C1. The van der Waals surface area contributed by atoms with E-state index in [0.29, 0.717) is 19.6 Å². The maximum Gasteiger partial charge on any atom is 0.321 e. The van der Waals surface area contributed by atoms with Gasteiger partial charge in [-0.2, -0.15) is 4.98 Å². The Bertz CT molecular complexity index is 1100. The molecule has 2 aromatic heterocycles. The predicted octanol–water partition coefficient (Wildman–Crippen LogP) is 2.78. The van der Waals surface area contributed by atoms with Gasteiger partial charge in [-0.25, -0.2) is 14.8 Å². The Hall–Kier alpha value is -2.98. The molecule has 2 amide bonds. The van der Waals surface area contributed by atoms with Gasteiger partial charge in [-0.05, 0) is 45.1 Å². The molecule has 3 aromatic rings. The minimum Gasteiger partial charge on any atom is -0.368 e. The van der Waals surface area contributed by atoms with Crippen LogP contribution in [0.15, 0.2) is 23.7 Å². The van der Waals surface area contributed by atoms with Crippen molar-refractivity contribution >= 4 is 45.2 Å². The standard InChI is InChI=1S/C21H28N8OS/c1-13-9-15(11-27(3)4)5-6-16(13)24-21(30)28-7-8-29(14(2)10-28)18-17-19(31-12-23-17)26-20(22)25-18/h5-6,9,12,14H,7-8,10-11H2,1-4H3,(H,24,30)(H2,22,25,26)/t14-/m0/s1. The molecule has 1 aliphatic heterocycles. The normalized spacial score (nSPS) is 16.9. The van der Waals surface area contributed by atoms with E-state index in [1.54, 1.807) is 5.51 Å². The van der Waals surface area contributed by atoms with Crippen molar-refractivity contribution < 1.29 is 4.79 Å². The molecule has 4 rings (SSSR count). The van der Waals surface area contributed by atoms with Crippen molar-refractivity contribution in [1.29, 1.82) is 0 Å². The maximum atomic E-state index is 12.9. The first-order chi connectivity index (χ1) is 14.8.